The van der Waals surface area contributed by atoms with Crippen molar-refractivity contribution < 1.29 is 9.53 Å². The number of nitrogens with zero attached hydrogens (tertiary/aromatic N) is 3. The van der Waals surface area contributed by atoms with E-state index < -0.39 is 0 Å². The van der Waals surface area contributed by atoms with Crippen molar-refractivity contribution in [3.05, 3.63) is 55.0 Å². The molecule has 6 heteroatoms. The monoisotopic (exact) mass is 350 g/mol. The van der Waals surface area contributed by atoms with Crippen molar-refractivity contribution in [1.82, 2.24) is 19.9 Å². The number of fused-ring (bicyclic) bond motifs is 1. The molecule has 1 N–H and O–H groups in total. The Balaban J connectivity index is 1.27. The van der Waals surface area contributed by atoms with Crippen LogP contribution in [0.15, 0.2) is 55.0 Å². The van der Waals surface area contributed by atoms with Gasteiger partial charge in [0, 0.05) is 30.1 Å². The Labute approximate surface area is 152 Å². The number of aromatic nitrogens is 3. The van der Waals surface area contributed by atoms with Crippen molar-refractivity contribution in [2.24, 2.45) is 0 Å². The fourth-order valence-corrected chi connectivity index (χ4v) is 3.53. The molecule has 26 heavy (non-hydrogen) atoms. The van der Waals surface area contributed by atoms with Crippen molar-refractivity contribution in [3.63, 3.8) is 0 Å². The Morgan fingerprint density at radius 1 is 1.08 bits per heavy atom. The number of benzene rings is 1. The number of ether oxygens (including phenoxy) is 1. The average molecular weight is 350 g/mol. The van der Waals surface area contributed by atoms with Crippen molar-refractivity contribution in [3.8, 4) is 6.01 Å². The molecule has 1 aliphatic carbocycles. The van der Waals surface area contributed by atoms with Crippen LogP contribution in [-0.4, -0.2) is 32.6 Å². The smallest absolute Gasteiger partial charge is 0.316 e. The molecular weight excluding hydrogens is 328 g/mol. The van der Waals surface area contributed by atoms with Gasteiger partial charge in [0.2, 0.25) is 5.91 Å². The first kappa shape index (κ1) is 16.6. The van der Waals surface area contributed by atoms with Crippen LogP contribution >= 0.6 is 0 Å². The van der Waals surface area contributed by atoms with E-state index in [4.69, 9.17) is 4.74 Å². The summed E-state index contributed by atoms with van der Waals surface area (Å²) in [6, 6.07) is 12.5. The van der Waals surface area contributed by atoms with Gasteiger partial charge in [-0.3, -0.25) is 4.79 Å². The summed E-state index contributed by atoms with van der Waals surface area (Å²) in [6.45, 7) is 0.349. The van der Waals surface area contributed by atoms with Crippen LogP contribution in [-0.2, 0) is 11.3 Å². The molecule has 0 radical (unpaired) electrons. The number of amides is 1. The fraction of sp³-hybridized carbons (Fsp3) is 0.350. The van der Waals surface area contributed by atoms with Gasteiger partial charge >= 0.3 is 6.01 Å². The van der Waals surface area contributed by atoms with Gasteiger partial charge in [-0.25, -0.2) is 9.97 Å². The molecule has 0 bridgehead atoms. The minimum Gasteiger partial charge on any atom is -0.460 e. The first-order chi connectivity index (χ1) is 12.8. The van der Waals surface area contributed by atoms with Crippen molar-refractivity contribution in [2.75, 3.05) is 0 Å². The van der Waals surface area contributed by atoms with Crippen LogP contribution in [0, 0.1) is 0 Å². The van der Waals surface area contributed by atoms with Crippen LogP contribution in [0.1, 0.15) is 25.7 Å². The second-order valence-electron chi connectivity index (χ2n) is 6.69. The molecule has 2 aromatic heterocycles. The highest BCUT2D eigenvalue weighted by molar-refractivity contribution is 5.83. The Morgan fingerprint density at radius 3 is 2.65 bits per heavy atom. The van der Waals surface area contributed by atoms with Crippen LogP contribution < -0.4 is 10.1 Å². The summed E-state index contributed by atoms with van der Waals surface area (Å²) in [5, 5.41) is 4.31. The van der Waals surface area contributed by atoms with Gasteiger partial charge in [-0.15, -0.1) is 0 Å². The maximum absolute atomic E-state index is 12.4. The van der Waals surface area contributed by atoms with E-state index in [1.54, 1.807) is 18.5 Å². The Hall–Kier alpha value is -2.89. The molecule has 134 valence electrons. The Bertz CT molecular complexity index is 870. The summed E-state index contributed by atoms with van der Waals surface area (Å²) in [5.74, 6) is 0.0575. The Morgan fingerprint density at radius 2 is 1.85 bits per heavy atom. The largest absolute Gasteiger partial charge is 0.460 e. The van der Waals surface area contributed by atoms with Crippen LogP contribution in [0.4, 0.5) is 0 Å². The molecule has 0 saturated heterocycles. The topological polar surface area (TPSA) is 69.0 Å². The standard InChI is InChI=1S/C20H22N4O2/c25-19(14-24-13-10-15-4-1-2-5-18(15)24)23-16-6-8-17(9-7-16)26-20-21-11-3-12-22-20/h1-5,10-13,16-17H,6-9,14H2,(H,23,25). The molecule has 0 aliphatic heterocycles. The lowest BCUT2D eigenvalue weighted by atomic mass is 9.93. The van der Waals surface area contributed by atoms with Gasteiger partial charge in [0.15, 0.2) is 0 Å². The third-order valence-corrected chi connectivity index (χ3v) is 4.85. The summed E-state index contributed by atoms with van der Waals surface area (Å²) < 4.78 is 7.80. The van der Waals surface area contributed by atoms with E-state index in [-0.39, 0.29) is 18.1 Å². The quantitative estimate of drug-likeness (QED) is 0.768. The lowest BCUT2D eigenvalue weighted by Crippen LogP contribution is -2.41. The van der Waals surface area contributed by atoms with Gasteiger partial charge in [-0.1, -0.05) is 18.2 Å². The number of hydrogen-bond donors (Lipinski definition) is 1. The summed E-state index contributed by atoms with van der Waals surface area (Å²) in [4.78, 5) is 20.6. The van der Waals surface area contributed by atoms with Gasteiger partial charge in [-0.2, -0.15) is 0 Å². The van der Waals surface area contributed by atoms with E-state index >= 15 is 0 Å². The van der Waals surface area contributed by atoms with Crippen LogP contribution in [0.5, 0.6) is 6.01 Å². The van der Waals surface area contributed by atoms with E-state index in [9.17, 15) is 4.79 Å². The van der Waals surface area contributed by atoms with E-state index in [1.165, 1.54) is 0 Å². The zero-order chi connectivity index (χ0) is 17.8. The highest BCUT2D eigenvalue weighted by Gasteiger charge is 2.24. The van der Waals surface area contributed by atoms with E-state index in [0.717, 1.165) is 36.6 Å². The summed E-state index contributed by atoms with van der Waals surface area (Å²) >= 11 is 0. The number of hydrogen-bond acceptors (Lipinski definition) is 4. The van der Waals surface area contributed by atoms with Gasteiger partial charge < -0.3 is 14.6 Å². The van der Waals surface area contributed by atoms with Gasteiger partial charge in [0.25, 0.3) is 0 Å². The van der Waals surface area contributed by atoms with Gasteiger partial charge in [0.1, 0.15) is 12.6 Å². The third kappa shape index (κ3) is 3.85. The average Bonchev–Trinajstić information content (AvgIpc) is 3.07. The number of carbonyl (C=O) groups excluding carboxylic acids is 1. The number of carbonyl (C=O) groups is 1. The highest BCUT2D eigenvalue weighted by Crippen LogP contribution is 2.22. The molecule has 0 spiro atoms. The number of para-hydroxylation sites is 1. The normalized spacial score (nSPS) is 20.0. The fourth-order valence-electron chi connectivity index (χ4n) is 3.53. The zero-order valence-electron chi connectivity index (χ0n) is 14.5. The second kappa shape index (κ2) is 7.56. The molecule has 0 atom stereocenters. The highest BCUT2D eigenvalue weighted by atomic mass is 16.5. The molecule has 3 aromatic rings. The summed E-state index contributed by atoms with van der Waals surface area (Å²) in [6.07, 6.45) is 9.07. The molecular formula is C20H22N4O2. The van der Waals surface area contributed by atoms with Crippen molar-refractivity contribution in [1.29, 1.82) is 0 Å². The number of rotatable bonds is 5. The maximum atomic E-state index is 12.4. The predicted molar refractivity (Wildman–Crippen MR) is 98.8 cm³/mol. The van der Waals surface area contributed by atoms with E-state index in [0.29, 0.717) is 12.6 Å². The predicted octanol–water partition coefficient (Wildman–Crippen LogP) is 2.94. The molecule has 1 aliphatic rings. The summed E-state index contributed by atoms with van der Waals surface area (Å²) in [7, 11) is 0. The van der Waals surface area contributed by atoms with Crippen LogP contribution in [0.3, 0.4) is 0 Å². The van der Waals surface area contributed by atoms with Gasteiger partial charge in [-0.05, 0) is 49.3 Å². The first-order valence-corrected chi connectivity index (χ1v) is 9.05. The summed E-state index contributed by atoms with van der Waals surface area (Å²) in [5.41, 5.74) is 1.09. The first-order valence-electron chi connectivity index (χ1n) is 9.05. The SMILES string of the molecule is O=C(Cn1ccc2ccccc21)NC1CCC(Oc2ncccn2)CC1. The molecule has 0 unspecified atom stereocenters. The van der Waals surface area contributed by atoms with Crippen LogP contribution in [0.25, 0.3) is 10.9 Å². The molecule has 4 rings (SSSR count). The molecule has 6 nitrogen and oxygen atoms in total. The van der Waals surface area contributed by atoms with E-state index in [2.05, 4.69) is 21.4 Å². The molecule has 1 saturated carbocycles. The second-order valence-corrected chi connectivity index (χ2v) is 6.69. The van der Waals surface area contributed by atoms with Crippen LogP contribution in [0.2, 0.25) is 0 Å². The lowest BCUT2D eigenvalue weighted by molar-refractivity contribution is -0.122. The van der Waals surface area contributed by atoms with Gasteiger partial charge in [0.05, 0.1) is 0 Å². The minimum absolute atomic E-state index is 0.0575. The molecule has 1 fully saturated rings. The third-order valence-electron chi connectivity index (χ3n) is 4.85. The molecule has 1 aromatic carbocycles. The maximum Gasteiger partial charge on any atom is 0.316 e. The molecule has 1 amide bonds. The van der Waals surface area contributed by atoms with Crippen molar-refractivity contribution in [2.45, 2.75) is 44.4 Å². The lowest BCUT2D eigenvalue weighted by Gasteiger charge is -2.28. The molecule has 2 heterocycles. The Kier molecular flexibility index (Phi) is 4.82. The zero-order valence-corrected chi connectivity index (χ0v) is 14.5. The number of nitrogens with one attached hydrogen (secondary N) is 1. The minimum atomic E-state index is 0.0575. The van der Waals surface area contributed by atoms with E-state index in [1.807, 2.05) is 35.0 Å². The van der Waals surface area contributed by atoms with Crippen molar-refractivity contribution >= 4 is 16.8 Å².